The molecule has 0 unspecified atom stereocenters. The van der Waals surface area contributed by atoms with Gasteiger partial charge in [0.2, 0.25) is 0 Å². The van der Waals surface area contributed by atoms with E-state index >= 15 is 0 Å². The van der Waals surface area contributed by atoms with Gasteiger partial charge in [-0.1, -0.05) is 24.3 Å². The molecular formula is C17H16INO3. The highest BCUT2D eigenvalue weighted by atomic mass is 127. The molecule has 0 aliphatic rings. The molecule has 0 aliphatic heterocycles. The molecule has 2 rings (SSSR count). The summed E-state index contributed by atoms with van der Waals surface area (Å²) in [5.74, 6) is -0.772. The van der Waals surface area contributed by atoms with Crippen LogP contribution in [0, 0.1) is 3.57 Å². The summed E-state index contributed by atoms with van der Waals surface area (Å²) in [5, 5.41) is 0. The molecule has 22 heavy (non-hydrogen) atoms. The van der Waals surface area contributed by atoms with Gasteiger partial charge in [0.05, 0.1) is 5.56 Å². The van der Waals surface area contributed by atoms with Crippen LogP contribution in [0.3, 0.4) is 0 Å². The van der Waals surface area contributed by atoms with Crippen molar-refractivity contribution in [3.05, 3.63) is 63.7 Å². The first kappa shape index (κ1) is 16.5. The van der Waals surface area contributed by atoms with Crippen molar-refractivity contribution in [3.8, 4) is 0 Å². The van der Waals surface area contributed by atoms with Gasteiger partial charge in [-0.15, -0.1) is 0 Å². The summed E-state index contributed by atoms with van der Waals surface area (Å²) in [5.41, 5.74) is 1.19. The quantitative estimate of drug-likeness (QED) is 0.574. The van der Waals surface area contributed by atoms with E-state index in [-0.39, 0.29) is 5.91 Å². The third-order valence-corrected chi connectivity index (χ3v) is 3.84. The average Bonchev–Trinajstić information content (AvgIpc) is 2.54. The lowest BCUT2D eigenvalue weighted by atomic mass is 10.2. The largest absolute Gasteiger partial charge is 0.449 e. The van der Waals surface area contributed by atoms with Gasteiger partial charge < -0.3 is 9.64 Å². The molecule has 0 N–H and O–H groups in total. The van der Waals surface area contributed by atoms with Crippen molar-refractivity contribution in [2.75, 3.05) is 11.9 Å². The van der Waals surface area contributed by atoms with Crippen LogP contribution < -0.4 is 4.90 Å². The number of benzene rings is 2. The van der Waals surface area contributed by atoms with Gasteiger partial charge in [0, 0.05) is 16.3 Å². The second kappa shape index (κ2) is 7.40. The number of anilines is 1. The standard InChI is InChI=1S/C17H16INO3/c1-12(16(20)19(2)15-9-4-3-5-10-15)22-17(21)13-7-6-8-14(18)11-13/h3-12H,1-2H3/t12-/m1/s1. The minimum Gasteiger partial charge on any atom is -0.449 e. The van der Waals surface area contributed by atoms with Crippen LogP contribution in [-0.2, 0) is 9.53 Å². The third-order valence-electron chi connectivity index (χ3n) is 3.17. The number of halogens is 1. The Labute approximate surface area is 143 Å². The first-order valence-electron chi connectivity index (χ1n) is 6.78. The van der Waals surface area contributed by atoms with Crippen LogP contribution in [0.25, 0.3) is 0 Å². The van der Waals surface area contributed by atoms with Crippen LogP contribution in [0.4, 0.5) is 5.69 Å². The molecule has 0 saturated carbocycles. The lowest BCUT2D eigenvalue weighted by Crippen LogP contribution is -2.37. The van der Waals surface area contributed by atoms with Gasteiger partial charge in [-0.2, -0.15) is 0 Å². The number of rotatable bonds is 4. The SMILES string of the molecule is C[C@@H](OC(=O)c1cccc(I)c1)C(=O)N(C)c1ccccc1. The summed E-state index contributed by atoms with van der Waals surface area (Å²) in [6, 6.07) is 16.3. The smallest absolute Gasteiger partial charge is 0.338 e. The molecular weight excluding hydrogens is 393 g/mol. The minimum atomic E-state index is -0.851. The Balaban J connectivity index is 2.04. The molecule has 0 saturated heterocycles. The van der Waals surface area contributed by atoms with Crippen molar-refractivity contribution in [1.29, 1.82) is 0 Å². The van der Waals surface area contributed by atoms with Crippen LogP contribution in [0.2, 0.25) is 0 Å². The highest BCUT2D eigenvalue weighted by molar-refractivity contribution is 14.1. The zero-order valence-corrected chi connectivity index (χ0v) is 14.5. The fourth-order valence-corrected chi connectivity index (χ4v) is 2.49. The number of ether oxygens (including phenoxy) is 1. The lowest BCUT2D eigenvalue weighted by molar-refractivity contribution is -0.126. The van der Waals surface area contributed by atoms with E-state index < -0.39 is 12.1 Å². The van der Waals surface area contributed by atoms with E-state index in [1.54, 1.807) is 32.2 Å². The van der Waals surface area contributed by atoms with Crippen molar-refractivity contribution >= 4 is 40.2 Å². The summed E-state index contributed by atoms with van der Waals surface area (Å²) >= 11 is 2.12. The van der Waals surface area contributed by atoms with Gasteiger partial charge in [-0.25, -0.2) is 4.79 Å². The van der Waals surface area contributed by atoms with Gasteiger partial charge >= 0.3 is 5.97 Å². The molecule has 0 aliphatic carbocycles. The van der Waals surface area contributed by atoms with Gasteiger partial charge in [0.25, 0.3) is 5.91 Å². The van der Waals surface area contributed by atoms with Gasteiger partial charge in [0.1, 0.15) is 0 Å². The summed E-state index contributed by atoms with van der Waals surface area (Å²) in [7, 11) is 1.66. The molecule has 2 aromatic rings. The fourth-order valence-electron chi connectivity index (χ4n) is 1.95. The van der Waals surface area contributed by atoms with Crippen LogP contribution in [0.5, 0.6) is 0 Å². The Morgan fingerprint density at radius 2 is 1.77 bits per heavy atom. The van der Waals surface area contributed by atoms with Gasteiger partial charge in [0.15, 0.2) is 6.10 Å². The number of carbonyl (C=O) groups is 2. The third kappa shape index (κ3) is 4.07. The monoisotopic (exact) mass is 409 g/mol. The Kier molecular flexibility index (Phi) is 5.54. The fraction of sp³-hybridized carbons (Fsp3) is 0.176. The number of amides is 1. The van der Waals surface area contributed by atoms with E-state index in [0.29, 0.717) is 5.56 Å². The van der Waals surface area contributed by atoms with Crippen molar-refractivity contribution in [1.82, 2.24) is 0 Å². The van der Waals surface area contributed by atoms with Crippen LogP contribution in [0.1, 0.15) is 17.3 Å². The molecule has 1 atom stereocenters. The number of likely N-dealkylation sites (N-methyl/N-ethyl adjacent to an activating group) is 1. The molecule has 0 bridgehead atoms. The molecule has 1 amide bonds. The summed E-state index contributed by atoms with van der Waals surface area (Å²) in [6.45, 7) is 1.58. The molecule has 0 radical (unpaired) electrons. The van der Waals surface area contributed by atoms with E-state index in [2.05, 4.69) is 22.6 Å². The normalized spacial score (nSPS) is 11.6. The van der Waals surface area contributed by atoms with E-state index in [4.69, 9.17) is 4.74 Å². The van der Waals surface area contributed by atoms with Crippen molar-refractivity contribution in [2.24, 2.45) is 0 Å². The molecule has 0 heterocycles. The highest BCUT2D eigenvalue weighted by Gasteiger charge is 2.23. The van der Waals surface area contributed by atoms with E-state index in [1.807, 2.05) is 36.4 Å². The first-order chi connectivity index (χ1) is 10.5. The summed E-state index contributed by atoms with van der Waals surface area (Å²) in [6.07, 6.45) is -0.851. The number of esters is 1. The highest BCUT2D eigenvalue weighted by Crippen LogP contribution is 2.15. The van der Waals surface area contributed by atoms with E-state index in [0.717, 1.165) is 9.26 Å². The zero-order chi connectivity index (χ0) is 16.1. The Morgan fingerprint density at radius 3 is 2.41 bits per heavy atom. The maximum absolute atomic E-state index is 12.3. The van der Waals surface area contributed by atoms with Crippen LogP contribution in [0.15, 0.2) is 54.6 Å². The van der Waals surface area contributed by atoms with E-state index in [1.165, 1.54) is 4.90 Å². The zero-order valence-electron chi connectivity index (χ0n) is 12.3. The van der Waals surface area contributed by atoms with Crippen LogP contribution >= 0.6 is 22.6 Å². The van der Waals surface area contributed by atoms with Crippen LogP contribution in [-0.4, -0.2) is 25.0 Å². The summed E-state index contributed by atoms with van der Waals surface area (Å²) in [4.78, 5) is 25.9. The maximum Gasteiger partial charge on any atom is 0.338 e. The molecule has 114 valence electrons. The molecule has 0 aromatic heterocycles. The molecule has 0 spiro atoms. The van der Waals surface area contributed by atoms with Crippen molar-refractivity contribution in [2.45, 2.75) is 13.0 Å². The average molecular weight is 409 g/mol. The number of hydrogen-bond acceptors (Lipinski definition) is 3. The second-order valence-electron chi connectivity index (χ2n) is 4.79. The molecule has 2 aromatic carbocycles. The predicted octanol–water partition coefficient (Wildman–Crippen LogP) is 3.50. The topological polar surface area (TPSA) is 46.6 Å². The number of hydrogen-bond donors (Lipinski definition) is 0. The number of nitrogens with zero attached hydrogens (tertiary/aromatic N) is 1. The first-order valence-corrected chi connectivity index (χ1v) is 7.86. The Bertz CT molecular complexity index is 673. The molecule has 0 fully saturated rings. The van der Waals surface area contributed by atoms with Crippen molar-refractivity contribution in [3.63, 3.8) is 0 Å². The molecule has 5 heteroatoms. The molecule has 4 nitrogen and oxygen atoms in total. The Hall–Kier alpha value is -1.89. The second-order valence-corrected chi connectivity index (χ2v) is 6.04. The van der Waals surface area contributed by atoms with Gasteiger partial charge in [-0.05, 0) is 59.8 Å². The van der Waals surface area contributed by atoms with E-state index in [9.17, 15) is 9.59 Å². The maximum atomic E-state index is 12.3. The van der Waals surface area contributed by atoms with Crippen molar-refractivity contribution < 1.29 is 14.3 Å². The lowest BCUT2D eigenvalue weighted by Gasteiger charge is -2.21. The summed E-state index contributed by atoms with van der Waals surface area (Å²) < 4.78 is 6.20. The number of para-hydroxylation sites is 1. The predicted molar refractivity (Wildman–Crippen MR) is 93.9 cm³/mol. The number of carbonyl (C=O) groups excluding carboxylic acids is 2. The minimum absolute atomic E-state index is 0.273. The Morgan fingerprint density at radius 1 is 1.09 bits per heavy atom. The van der Waals surface area contributed by atoms with Gasteiger partial charge in [-0.3, -0.25) is 4.79 Å².